The Bertz CT molecular complexity index is 961. The number of anilines is 1. The number of allylic oxidation sites excluding steroid dienone is 1. The maximum absolute atomic E-state index is 14.5. The number of rotatable bonds is 3. The molecule has 1 aromatic heterocycles. The minimum atomic E-state index is -0.307. The van der Waals surface area contributed by atoms with E-state index < -0.39 is 0 Å². The molecule has 0 N–H and O–H groups in total. The molecule has 124 valence electrons. The van der Waals surface area contributed by atoms with E-state index in [4.69, 9.17) is 0 Å². The lowest BCUT2D eigenvalue weighted by molar-refractivity contribution is 0.624. The first kappa shape index (κ1) is 15.8. The summed E-state index contributed by atoms with van der Waals surface area (Å²) in [5.74, 6) is -0.307. The van der Waals surface area contributed by atoms with Gasteiger partial charge in [-0.2, -0.15) is 5.26 Å². The number of hydrogen-bond donors (Lipinski definition) is 0. The number of fused-ring (bicyclic) bond motifs is 1. The topological polar surface area (TPSA) is 39.9 Å². The van der Waals surface area contributed by atoms with E-state index >= 15 is 0 Å². The Kier molecular flexibility index (Phi) is 4.21. The molecule has 2 heterocycles. The maximum Gasteiger partial charge on any atom is 0.135 e. The first-order valence-electron chi connectivity index (χ1n) is 8.27. The molecule has 0 aliphatic carbocycles. The fraction of sp³-hybridized carbons (Fsp3) is 0.200. The Hall–Kier alpha value is -2.71. The first-order valence-corrected chi connectivity index (χ1v) is 9.09. The van der Waals surface area contributed by atoms with E-state index in [9.17, 15) is 9.65 Å². The van der Waals surface area contributed by atoms with E-state index in [-0.39, 0.29) is 5.82 Å². The molecule has 1 saturated heterocycles. The highest BCUT2D eigenvalue weighted by atomic mass is 32.1. The van der Waals surface area contributed by atoms with Gasteiger partial charge in [0.05, 0.1) is 15.8 Å². The molecule has 1 aliphatic rings. The van der Waals surface area contributed by atoms with Crippen LogP contribution in [-0.4, -0.2) is 18.1 Å². The highest BCUT2D eigenvalue weighted by Crippen LogP contribution is 2.32. The zero-order valence-corrected chi connectivity index (χ0v) is 14.4. The maximum atomic E-state index is 14.5. The van der Waals surface area contributed by atoms with Crippen molar-refractivity contribution in [3.8, 4) is 6.07 Å². The predicted octanol–water partition coefficient (Wildman–Crippen LogP) is 5.10. The van der Waals surface area contributed by atoms with Crippen molar-refractivity contribution in [2.75, 3.05) is 18.0 Å². The molecule has 1 fully saturated rings. The van der Waals surface area contributed by atoms with Crippen molar-refractivity contribution in [2.24, 2.45) is 0 Å². The monoisotopic (exact) mass is 349 g/mol. The molecule has 25 heavy (non-hydrogen) atoms. The Labute approximate surface area is 149 Å². The van der Waals surface area contributed by atoms with Gasteiger partial charge in [0.2, 0.25) is 0 Å². The van der Waals surface area contributed by atoms with Crippen LogP contribution in [0.5, 0.6) is 0 Å². The zero-order chi connectivity index (χ0) is 17.2. The quantitative estimate of drug-likeness (QED) is 0.618. The van der Waals surface area contributed by atoms with Crippen molar-refractivity contribution < 1.29 is 4.39 Å². The van der Waals surface area contributed by atoms with E-state index in [0.29, 0.717) is 16.1 Å². The van der Waals surface area contributed by atoms with Crippen LogP contribution >= 0.6 is 11.3 Å². The van der Waals surface area contributed by atoms with Crippen molar-refractivity contribution in [1.82, 2.24) is 4.98 Å². The molecule has 4 rings (SSSR count). The number of hydrogen-bond acceptors (Lipinski definition) is 4. The highest BCUT2D eigenvalue weighted by molar-refractivity contribution is 7.19. The van der Waals surface area contributed by atoms with Crippen LogP contribution in [0.3, 0.4) is 0 Å². The summed E-state index contributed by atoms with van der Waals surface area (Å²) >= 11 is 1.46. The van der Waals surface area contributed by atoms with Gasteiger partial charge in [0.1, 0.15) is 16.9 Å². The van der Waals surface area contributed by atoms with Crippen LogP contribution in [0.2, 0.25) is 0 Å². The molecule has 5 heteroatoms. The number of thiazole rings is 1. The van der Waals surface area contributed by atoms with Gasteiger partial charge in [-0.15, -0.1) is 11.3 Å². The summed E-state index contributed by atoms with van der Waals surface area (Å²) in [7, 11) is 0. The predicted molar refractivity (Wildman–Crippen MR) is 101 cm³/mol. The van der Waals surface area contributed by atoms with E-state index in [1.165, 1.54) is 17.4 Å². The van der Waals surface area contributed by atoms with Gasteiger partial charge in [-0.3, -0.25) is 0 Å². The molecule has 3 aromatic rings. The van der Waals surface area contributed by atoms with Gasteiger partial charge in [-0.1, -0.05) is 18.2 Å². The Morgan fingerprint density at radius 1 is 1.16 bits per heavy atom. The largest absolute Gasteiger partial charge is 0.371 e. The molecule has 0 unspecified atom stereocenters. The summed E-state index contributed by atoms with van der Waals surface area (Å²) in [6.07, 6.45) is 3.87. The second-order valence-electron chi connectivity index (χ2n) is 6.02. The average Bonchev–Trinajstić information content (AvgIpc) is 3.30. The van der Waals surface area contributed by atoms with Crippen LogP contribution in [0.25, 0.3) is 21.9 Å². The molecule has 0 bridgehead atoms. The summed E-state index contributed by atoms with van der Waals surface area (Å²) in [5, 5.41) is 10.2. The summed E-state index contributed by atoms with van der Waals surface area (Å²) in [6, 6.07) is 15.1. The second-order valence-corrected chi connectivity index (χ2v) is 7.05. The molecule has 0 atom stereocenters. The van der Waals surface area contributed by atoms with E-state index in [1.54, 1.807) is 12.1 Å². The number of nitriles is 1. The van der Waals surface area contributed by atoms with Crippen molar-refractivity contribution in [2.45, 2.75) is 12.8 Å². The van der Waals surface area contributed by atoms with E-state index in [2.05, 4.69) is 16.0 Å². The number of halogens is 1. The smallest absolute Gasteiger partial charge is 0.135 e. The van der Waals surface area contributed by atoms with Crippen molar-refractivity contribution >= 4 is 38.9 Å². The van der Waals surface area contributed by atoms with Gasteiger partial charge in [0, 0.05) is 24.3 Å². The zero-order valence-electron chi connectivity index (χ0n) is 13.6. The van der Waals surface area contributed by atoms with Gasteiger partial charge in [0.15, 0.2) is 0 Å². The van der Waals surface area contributed by atoms with Crippen LogP contribution in [0, 0.1) is 17.1 Å². The van der Waals surface area contributed by atoms with Crippen LogP contribution in [0.4, 0.5) is 10.1 Å². The van der Waals surface area contributed by atoms with Crippen LogP contribution < -0.4 is 4.90 Å². The molecule has 0 radical (unpaired) electrons. The van der Waals surface area contributed by atoms with E-state index in [0.717, 1.165) is 41.8 Å². The molecule has 0 amide bonds. The number of aromatic nitrogens is 1. The van der Waals surface area contributed by atoms with Crippen LogP contribution in [0.15, 0.2) is 42.5 Å². The lowest BCUT2D eigenvalue weighted by Crippen LogP contribution is -2.19. The van der Waals surface area contributed by atoms with E-state index in [1.807, 2.05) is 30.3 Å². The van der Waals surface area contributed by atoms with Gasteiger partial charge in [0.25, 0.3) is 0 Å². The van der Waals surface area contributed by atoms with Crippen LogP contribution in [0.1, 0.15) is 23.4 Å². The summed E-state index contributed by atoms with van der Waals surface area (Å²) in [6.45, 7) is 1.85. The molecule has 2 aromatic carbocycles. The SMILES string of the molecule is N#CC(=Cc1c(F)cccc1N1CCCC1)c1nc2ccccc2s1. The van der Waals surface area contributed by atoms with Gasteiger partial charge in [-0.25, -0.2) is 9.37 Å². The van der Waals surface area contributed by atoms with Gasteiger partial charge >= 0.3 is 0 Å². The fourth-order valence-electron chi connectivity index (χ4n) is 3.18. The molecule has 3 nitrogen and oxygen atoms in total. The minimum Gasteiger partial charge on any atom is -0.371 e. The minimum absolute atomic E-state index is 0.307. The summed E-state index contributed by atoms with van der Waals surface area (Å²) in [5.41, 5.74) is 2.58. The number of para-hydroxylation sites is 1. The lowest BCUT2D eigenvalue weighted by Gasteiger charge is -2.20. The van der Waals surface area contributed by atoms with Crippen molar-refractivity contribution in [1.29, 1.82) is 5.26 Å². The summed E-state index contributed by atoms with van der Waals surface area (Å²) in [4.78, 5) is 6.71. The van der Waals surface area contributed by atoms with Crippen molar-refractivity contribution in [3.05, 3.63) is 58.9 Å². The Morgan fingerprint density at radius 3 is 2.72 bits per heavy atom. The molecule has 1 aliphatic heterocycles. The van der Waals surface area contributed by atoms with Gasteiger partial charge < -0.3 is 4.90 Å². The normalized spacial score (nSPS) is 14.9. The second kappa shape index (κ2) is 6.66. The summed E-state index contributed by atoms with van der Waals surface area (Å²) < 4.78 is 15.5. The number of benzene rings is 2. The Morgan fingerprint density at radius 2 is 1.96 bits per heavy atom. The van der Waals surface area contributed by atoms with Crippen molar-refractivity contribution in [3.63, 3.8) is 0 Å². The fourth-order valence-corrected chi connectivity index (χ4v) is 4.11. The third kappa shape index (κ3) is 3.01. The first-order chi connectivity index (χ1) is 12.3. The Balaban J connectivity index is 1.81. The third-order valence-electron chi connectivity index (χ3n) is 4.41. The molecular formula is C20H16FN3S. The molecular weight excluding hydrogens is 333 g/mol. The lowest BCUT2D eigenvalue weighted by atomic mass is 10.1. The van der Waals surface area contributed by atoms with Gasteiger partial charge in [-0.05, 0) is 43.2 Å². The molecule has 0 spiro atoms. The third-order valence-corrected chi connectivity index (χ3v) is 5.48. The number of nitrogens with zero attached hydrogens (tertiary/aromatic N) is 3. The van der Waals surface area contributed by atoms with Crippen LogP contribution in [-0.2, 0) is 0 Å². The molecule has 0 saturated carbocycles. The highest BCUT2D eigenvalue weighted by Gasteiger charge is 2.18. The standard InChI is InChI=1S/C20H16FN3S/c21-16-6-5-8-18(24-10-3-4-11-24)15(16)12-14(13-22)20-23-17-7-1-2-9-19(17)25-20/h1-2,5-9,12H,3-4,10-11H2. The average molecular weight is 349 g/mol.